The molecule has 9 heteroatoms. The summed E-state index contributed by atoms with van der Waals surface area (Å²) >= 11 is 0. The molecule has 5 nitrogen and oxygen atoms in total. The van der Waals surface area contributed by atoms with Gasteiger partial charge in [-0.25, -0.2) is 4.99 Å². The molecular weight excluding hydrogens is 484 g/mol. The van der Waals surface area contributed by atoms with Crippen LogP contribution in [0.2, 0.25) is 0 Å². The fourth-order valence-electron chi connectivity index (χ4n) is 3.57. The van der Waals surface area contributed by atoms with Gasteiger partial charge in [0.25, 0.3) is 0 Å². The van der Waals surface area contributed by atoms with Crippen molar-refractivity contribution in [2.45, 2.75) is 32.1 Å². The third-order valence-electron chi connectivity index (χ3n) is 5.05. The highest BCUT2D eigenvalue weighted by Gasteiger charge is 2.31. The van der Waals surface area contributed by atoms with E-state index in [-0.39, 0.29) is 24.0 Å². The summed E-state index contributed by atoms with van der Waals surface area (Å²) < 4.78 is 43.4. The van der Waals surface area contributed by atoms with Crippen molar-refractivity contribution in [3.8, 4) is 0 Å². The van der Waals surface area contributed by atoms with Crippen LogP contribution < -0.4 is 5.32 Å². The predicted octanol–water partition coefficient (Wildman–Crippen LogP) is 3.20. The van der Waals surface area contributed by atoms with Gasteiger partial charge in [0.05, 0.1) is 25.3 Å². The fourth-order valence-corrected chi connectivity index (χ4v) is 3.57. The zero-order valence-electron chi connectivity index (χ0n) is 16.0. The minimum absolute atomic E-state index is 0. The maximum atomic E-state index is 12.7. The first-order chi connectivity index (χ1) is 13.0. The molecule has 0 saturated carbocycles. The highest BCUT2D eigenvalue weighted by Crippen LogP contribution is 2.29. The van der Waals surface area contributed by atoms with Crippen LogP contribution in [-0.4, -0.2) is 67.7 Å². The normalized spacial score (nSPS) is 21.5. The number of nitrogens with one attached hydrogen (secondary N) is 1. The largest absolute Gasteiger partial charge is 0.416 e. The van der Waals surface area contributed by atoms with Gasteiger partial charge in [0.15, 0.2) is 5.96 Å². The number of likely N-dealkylation sites (tertiary alicyclic amines) is 1. The number of nitrogens with zero attached hydrogens (tertiary/aromatic N) is 3. The number of morpholine rings is 1. The van der Waals surface area contributed by atoms with Gasteiger partial charge in [-0.05, 0) is 31.0 Å². The van der Waals surface area contributed by atoms with E-state index in [1.165, 1.54) is 12.1 Å². The van der Waals surface area contributed by atoms with Crippen molar-refractivity contribution < 1.29 is 17.9 Å². The van der Waals surface area contributed by atoms with E-state index < -0.39 is 11.7 Å². The van der Waals surface area contributed by atoms with E-state index in [9.17, 15) is 13.2 Å². The third kappa shape index (κ3) is 6.21. The van der Waals surface area contributed by atoms with Crippen molar-refractivity contribution in [1.29, 1.82) is 0 Å². The van der Waals surface area contributed by atoms with Crippen LogP contribution in [0.4, 0.5) is 13.2 Å². The van der Waals surface area contributed by atoms with Gasteiger partial charge >= 0.3 is 6.18 Å². The topological polar surface area (TPSA) is 40.1 Å². The second-order valence-electron chi connectivity index (χ2n) is 6.90. The number of aliphatic imine (C=N–C) groups is 1. The lowest BCUT2D eigenvalue weighted by Crippen LogP contribution is -2.46. The number of ether oxygens (including phenoxy) is 1. The molecule has 1 unspecified atom stereocenters. The first-order valence-electron chi connectivity index (χ1n) is 9.48. The second-order valence-corrected chi connectivity index (χ2v) is 6.90. The maximum Gasteiger partial charge on any atom is 0.416 e. The average Bonchev–Trinajstić information content (AvgIpc) is 3.15. The molecule has 0 radical (unpaired) electrons. The molecule has 0 aromatic heterocycles. The molecule has 0 amide bonds. The third-order valence-corrected chi connectivity index (χ3v) is 5.05. The molecular formula is C19H28F3IN4O. The van der Waals surface area contributed by atoms with Crippen molar-refractivity contribution in [1.82, 2.24) is 15.1 Å². The predicted molar refractivity (Wildman–Crippen MR) is 114 cm³/mol. The van der Waals surface area contributed by atoms with Crippen LogP contribution in [0, 0.1) is 0 Å². The molecule has 3 rings (SSSR count). The molecule has 158 valence electrons. The van der Waals surface area contributed by atoms with Gasteiger partial charge in [-0.2, -0.15) is 13.2 Å². The van der Waals surface area contributed by atoms with E-state index in [4.69, 9.17) is 4.74 Å². The first kappa shape index (κ1) is 23.2. The molecule has 1 aromatic rings. The molecule has 2 heterocycles. The Morgan fingerprint density at radius 2 is 1.86 bits per heavy atom. The number of rotatable bonds is 4. The molecule has 1 N–H and O–H groups in total. The molecule has 0 bridgehead atoms. The van der Waals surface area contributed by atoms with Crippen LogP contribution in [0.3, 0.4) is 0 Å². The van der Waals surface area contributed by atoms with E-state index in [1.807, 2.05) is 6.92 Å². The molecule has 0 spiro atoms. The average molecular weight is 512 g/mol. The SMILES string of the molecule is CCNC(=NCc1ccc(C(F)(F)F)cc1)N1CCC(N2CCOCC2)C1.I. The lowest BCUT2D eigenvalue weighted by atomic mass is 10.1. The van der Waals surface area contributed by atoms with E-state index in [1.54, 1.807) is 0 Å². The molecule has 2 fully saturated rings. The number of hydrogen-bond donors (Lipinski definition) is 1. The molecule has 1 aromatic carbocycles. The van der Waals surface area contributed by atoms with Gasteiger partial charge < -0.3 is 15.0 Å². The Kier molecular flexibility index (Phi) is 8.81. The summed E-state index contributed by atoms with van der Waals surface area (Å²) in [5, 5.41) is 3.31. The summed E-state index contributed by atoms with van der Waals surface area (Å²) in [6.45, 7) is 8.50. The minimum Gasteiger partial charge on any atom is -0.379 e. The van der Waals surface area contributed by atoms with Gasteiger partial charge in [0, 0.05) is 38.8 Å². The maximum absolute atomic E-state index is 12.7. The molecule has 2 aliphatic heterocycles. The van der Waals surface area contributed by atoms with Crippen molar-refractivity contribution in [2.75, 3.05) is 45.9 Å². The summed E-state index contributed by atoms with van der Waals surface area (Å²) in [6.07, 6.45) is -3.22. The smallest absolute Gasteiger partial charge is 0.379 e. The highest BCUT2D eigenvalue weighted by molar-refractivity contribution is 14.0. The Balaban J connectivity index is 0.00000280. The summed E-state index contributed by atoms with van der Waals surface area (Å²) in [6, 6.07) is 5.72. The monoisotopic (exact) mass is 512 g/mol. The number of hydrogen-bond acceptors (Lipinski definition) is 3. The van der Waals surface area contributed by atoms with E-state index in [0.717, 1.165) is 76.0 Å². The van der Waals surface area contributed by atoms with E-state index >= 15 is 0 Å². The number of guanidine groups is 1. The van der Waals surface area contributed by atoms with Gasteiger partial charge in [-0.3, -0.25) is 4.90 Å². The number of halogens is 4. The van der Waals surface area contributed by atoms with Gasteiger partial charge in [0.2, 0.25) is 0 Å². The molecule has 0 aliphatic carbocycles. The second kappa shape index (κ2) is 10.6. The van der Waals surface area contributed by atoms with E-state index in [2.05, 4.69) is 20.1 Å². The molecule has 1 atom stereocenters. The van der Waals surface area contributed by atoms with Crippen LogP contribution in [0.25, 0.3) is 0 Å². The molecule has 28 heavy (non-hydrogen) atoms. The molecule has 2 saturated heterocycles. The molecule has 2 aliphatic rings. The number of alkyl halides is 3. The van der Waals surface area contributed by atoms with E-state index in [0.29, 0.717) is 12.6 Å². The standard InChI is InChI=1S/C19H27F3N4O.HI/c1-2-23-18(24-13-15-3-5-16(6-4-15)19(20,21)22)26-8-7-17(14-26)25-9-11-27-12-10-25;/h3-6,17H,2,7-14H2,1H3,(H,23,24);1H. The lowest BCUT2D eigenvalue weighted by molar-refractivity contribution is -0.137. The Labute approximate surface area is 181 Å². The van der Waals surface area contributed by atoms with Gasteiger partial charge in [-0.15, -0.1) is 24.0 Å². The summed E-state index contributed by atoms with van der Waals surface area (Å²) in [7, 11) is 0. The Bertz CT molecular complexity index is 633. The van der Waals surface area contributed by atoms with Crippen LogP contribution >= 0.6 is 24.0 Å². The minimum atomic E-state index is -4.30. The van der Waals surface area contributed by atoms with Crippen molar-refractivity contribution in [3.05, 3.63) is 35.4 Å². The fraction of sp³-hybridized carbons (Fsp3) is 0.632. The van der Waals surface area contributed by atoms with Crippen LogP contribution in [0.1, 0.15) is 24.5 Å². The van der Waals surface area contributed by atoms with Crippen LogP contribution in [-0.2, 0) is 17.5 Å². The zero-order valence-corrected chi connectivity index (χ0v) is 18.4. The van der Waals surface area contributed by atoms with Crippen molar-refractivity contribution >= 4 is 29.9 Å². The summed E-state index contributed by atoms with van der Waals surface area (Å²) in [5.41, 5.74) is 0.136. The Morgan fingerprint density at radius 3 is 2.46 bits per heavy atom. The van der Waals surface area contributed by atoms with Crippen LogP contribution in [0.5, 0.6) is 0 Å². The lowest BCUT2D eigenvalue weighted by Gasteiger charge is -2.32. The van der Waals surface area contributed by atoms with Gasteiger partial charge in [-0.1, -0.05) is 12.1 Å². The first-order valence-corrected chi connectivity index (χ1v) is 9.48. The summed E-state index contributed by atoms with van der Waals surface area (Å²) in [4.78, 5) is 9.36. The summed E-state index contributed by atoms with van der Waals surface area (Å²) in [5.74, 6) is 0.827. The number of benzene rings is 1. The zero-order chi connectivity index (χ0) is 19.3. The Hall–Kier alpha value is -1.07. The van der Waals surface area contributed by atoms with Crippen molar-refractivity contribution in [2.24, 2.45) is 4.99 Å². The quantitative estimate of drug-likeness (QED) is 0.383. The van der Waals surface area contributed by atoms with Crippen molar-refractivity contribution in [3.63, 3.8) is 0 Å². The van der Waals surface area contributed by atoms with Crippen LogP contribution in [0.15, 0.2) is 29.3 Å². The highest BCUT2D eigenvalue weighted by atomic mass is 127. The van der Waals surface area contributed by atoms with Gasteiger partial charge in [0.1, 0.15) is 0 Å². The Morgan fingerprint density at radius 1 is 1.18 bits per heavy atom.